The number of pyridine rings is 1. The van der Waals surface area contributed by atoms with Crippen molar-refractivity contribution >= 4 is 65.5 Å². The first-order valence-corrected chi connectivity index (χ1v) is 15.7. The number of anilines is 1. The molecule has 1 aromatic heterocycles. The fourth-order valence-corrected chi connectivity index (χ4v) is 7.47. The number of thioether (sulfide) groups is 2. The van der Waals surface area contributed by atoms with Crippen LogP contribution in [0.1, 0.15) is 13.3 Å². The molecule has 2 saturated heterocycles. The molecule has 2 atom stereocenters. The number of amides is 2. The fraction of sp³-hybridized carbons (Fsp3) is 0.333. The number of carboxylic acids is 1. The maximum atomic E-state index is 11.7. The van der Waals surface area contributed by atoms with Crippen molar-refractivity contribution < 1.29 is 36.5 Å². The third-order valence-electron chi connectivity index (χ3n) is 5.30. The van der Waals surface area contributed by atoms with Gasteiger partial charge in [-0.05, 0) is 12.1 Å². The van der Waals surface area contributed by atoms with Gasteiger partial charge in [-0.15, -0.1) is 23.5 Å². The van der Waals surface area contributed by atoms with Gasteiger partial charge in [0.15, 0.2) is 0 Å². The number of carboxylic acid groups (broad SMARTS) is 1. The summed E-state index contributed by atoms with van der Waals surface area (Å²) in [4.78, 5) is 40.6. The number of phenolic OH excluding ortho intramolecular Hbond substituents is 1. The first-order chi connectivity index (χ1) is 16.4. The van der Waals surface area contributed by atoms with Crippen molar-refractivity contribution in [2.45, 2.75) is 23.6 Å². The summed E-state index contributed by atoms with van der Waals surface area (Å²) in [5.41, 5.74) is -0.865. The molecule has 14 heteroatoms. The van der Waals surface area contributed by atoms with Gasteiger partial charge in [0.2, 0.25) is 5.91 Å². The summed E-state index contributed by atoms with van der Waals surface area (Å²) in [7, 11) is 0. The SMILES string of the molecule is CC(=O)Nc1cccc([As](=O)(O)O)c1O.O=C1C[C@H]2SCC(CSc3ccncc3)(C(=O)O)CN12. The molecule has 2 aliphatic heterocycles. The minimum absolute atomic E-state index is 0.00951. The van der Waals surface area contributed by atoms with E-state index in [1.165, 1.54) is 30.8 Å². The van der Waals surface area contributed by atoms with E-state index in [4.69, 9.17) is 8.19 Å². The molecule has 0 spiro atoms. The van der Waals surface area contributed by atoms with Gasteiger partial charge in [0.1, 0.15) is 5.41 Å². The zero-order valence-electron chi connectivity index (χ0n) is 18.5. The number of aromatic nitrogens is 1. The van der Waals surface area contributed by atoms with E-state index in [-0.39, 0.29) is 17.0 Å². The van der Waals surface area contributed by atoms with Crippen molar-refractivity contribution in [2.24, 2.45) is 5.41 Å². The Kier molecular flexibility index (Phi) is 8.60. The van der Waals surface area contributed by atoms with Gasteiger partial charge in [-0.1, -0.05) is 0 Å². The van der Waals surface area contributed by atoms with Crippen LogP contribution in [0.4, 0.5) is 5.69 Å². The van der Waals surface area contributed by atoms with Gasteiger partial charge >= 0.3 is 94.1 Å². The topological polar surface area (TPSA) is 177 Å². The molecule has 2 aromatic rings. The molecule has 0 aliphatic carbocycles. The second kappa shape index (κ2) is 11.1. The molecule has 35 heavy (non-hydrogen) atoms. The molecule has 2 amide bonds. The average molecular weight is 585 g/mol. The summed E-state index contributed by atoms with van der Waals surface area (Å²) in [5.74, 6) is -0.725. The van der Waals surface area contributed by atoms with Crippen LogP contribution in [-0.4, -0.2) is 83.7 Å². The number of hydrogen-bond donors (Lipinski definition) is 5. The first-order valence-electron chi connectivity index (χ1n) is 10.3. The number of nitrogens with one attached hydrogen (secondary N) is 1. The zero-order chi connectivity index (χ0) is 25.8. The molecule has 2 fully saturated rings. The predicted octanol–water partition coefficient (Wildman–Crippen LogP) is 0.461. The molecule has 2 aliphatic rings. The number of carbonyl (C=O) groups is 3. The van der Waals surface area contributed by atoms with E-state index in [1.54, 1.807) is 29.1 Å². The molecule has 11 nitrogen and oxygen atoms in total. The number of aliphatic carboxylic acids is 1. The molecule has 3 heterocycles. The van der Waals surface area contributed by atoms with Crippen LogP contribution < -0.4 is 9.67 Å². The fourth-order valence-electron chi connectivity index (χ4n) is 3.38. The van der Waals surface area contributed by atoms with Crippen molar-refractivity contribution in [2.75, 3.05) is 23.4 Å². The van der Waals surface area contributed by atoms with E-state index in [1.807, 2.05) is 12.1 Å². The Morgan fingerprint density at radius 2 is 1.97 bits per heavy atom. The Morgan fingerprint density at radius 1 is 1.29 bits per heavy atom. The third kappa shape index (κ3) is 6.62. The normalized spacial score (nSPS) is 21.2. The smallest absolute Gasteiger partial charge is 0.313 e. The number of para-hydroxylation sites is 1. The van der Waals surface area contributed by atoms with Crippen LogP contribution in [0, 0.1) is 5.41 Å². The number of nitrogens with zero attached hydrogens (tertiary/aromatic N) is 2. The molecule has 0 saturated carbocycles. The number of phenols is 1. The molecule has 0 bridgehead atoms. The van der Waals surface area contributed by atoms with Gasteiger partial charge < -0.3 is 10.0 Å². The van der Waals surface area contributed by atoms with Gasteiger partial charge in [0, 0.05) is 35.3 Å². The minimum Gasteiger partial charge on any atom is -0.481 e. The molecule has 5 N–H and O–H groups in total. The Morgan fingerprint density at radius 3 is 2.54 bits per heavy atom. The number of hydrogen-bond acceptors (Lipinski definition) is 8. The molecule has 1 aromatic carbocycles. The zero-order valence-corrected chi connectivity index (χ0v) is 22.0. The minimum atomic E-state index is -5.15. The first kappa shape index (κ1) is 27.2. The second-order valence-electron chi connectivity index (χ2n) is 7.95. The third-order valence-corrected chi connectivity index (χ3v) is 10.2. The van der Waals surface area contributed by atoms with E-state index < -0.39 is 41.6 Å². The molecule has 1 unspecified atom stereocenters. The summed E-state index contributed by atoms with van der Waals surface area (Å²) >= 11 is -2.05. The van der Waals surface area contributed by atoms with Crippen molar-refractivity contribution in [3.8, 4) is 5.75 Å². The summed E-state index contributed by atoms with van der Waals surface area (Å²) in [6, 6.07) is 7.56. The van der Waals surface area contributed by atoms with Gasteiger partial charge in [-0.25, -0.2) is 0 Å². The van der Waals surface area contributed by atoms with Gasteiger partial charge in [0.25, 0.3) is 0 Å². The second-order valence-corrected chi connectivity index (χ2v) is 13.5. The van der Waals surface area contributed by atoms with Crippen LogP contribution in [0.2, 0.25) is 0 Å². The maximum absolute atomic E-state index is 11.7. The van der Waals surface area contributed by atoms with E-state index >= 15 is 0 Å². The van der Waals surface area contributed by atoms with Crippen LogP contribution >= 0.6 is 23.5 Å². The summed E-state index contributed by atoms with van der Waals surface area (Å²) in [6.45, 7) is 1.56. The van der Waals surface area contributed by atoms with E-state index in [0.29, 0.717) is 24.5 Å². The van der Waals surface area contributed by atoms with Crippen LogP contribution in [0.25, 0.3) is 0 Å². The van der Waals surface area contributed by atoms with Crippen molar-refractivity contribution in [3.05, 3.63) is 42.7 Å². The Hall–Kier alpha value is -2.44. The average Bonchev–Trinajstić information content (AvgIpc) is 2.79. The molecule has 188 valence electrons. The van der Waals surface area contributed by atoms with Gasteiger partial charge in [-0.2, -0.15) is 0 Å². The quantitative estimate of drug-likeness (QED) is 0.138. The number of carbonyl (C=O) groups excluding carboxylic acids is 2. The Bertz CT molecular complexity index is 1160. The number of aromatic hydroxyl groups is 1. The van der Waals surface area contributed by atoms with Crippen LogP contribution in [0.5, 0.6) is 5.75 Å². The molecular weight excluding hydrogens is 561 g/mol. The predicted molar refractivity (Wildman–Crippen MR) is 131 cm³/mol. The number of fused-ring (bicyclic) bond motifs is 1. The summed E-state index contributed by atoms with van der Waals surface area (Å²) < 4.78 is 28.4. The van der Waals surface area contributed by atoms with E-state index in [0.717, 1.165) is 11.0 Å². The maximum Gasteiger partial charge on any atom is 0.313 e. The van der Waals surface area contributed by atoms with Crippen molar-refractivity contribution in [3.63, 3.8) is 0 Å². The molecule has 0 radical (unpaired) electrons. The van der Waals surface area contributed by atoms with Gasteiger partial charge in [-0.3, -0.25) is 14.6 Å². The number of benzene rings is 1. The largest absolute Gasteiger partial charge is 0.481 e. The number of β-lactam (4-membered cyclic amide) rings is 1. The number of rotatable bonds is 6. The van der Waals surface area contributed by atoms with Crippen LogP contribution in [-0.2, 0) is 18.1 Å². The standard InChI is InChI=1S/C13H14N2O3S2.C8H10AsNO5/c16-10-5-11-15(10)6-13(8-20-11,12(17)18)7-19-9-1-3-14-4-2-9;1-5(11)10-7-4-2-3-6(8(7)12)9(13,14)15/h1-4,11H,5-8H2,(H,17,18);2-4,12H,1H3,(H,10,11)(H2,13,14,15)/t11-,13?;/m1./s1. The van der Waals surface area contributed by atoms with E-state index in [2.05, 4.69) is 10.3 Å². The molecular formula is C21H24AsN3O8S2. The van der Waals surface area contributed by atoms with Crippen molar-refractivity contribution in [1.82, 2.24) is 9.88 Å². The van der Waals surface area contributed by atoms with Crippen LogP contribution in [0.3, 0.4) is 0 Å². The summed E-state index contributed by atoms with van der Waals surface area (Å²) in [6.07, 6.45) is 3.94. The Balaban J connectivity index is 0.000000205. The Labute approximate surface area is 212 Å². The van der Waals surface area contributed by atoms with E-state index in [9.17, 15) is 28.3 Å². The monoisotopic (exact) mass is 585 g/mol. The molecule has 4 rings (SSSR count). The van der Waals surface area contributed by atoms with Crippen LogP contribution in [0.15, 0.2) is 47.6 Å². The van der Waals surface area contributed by atoms with Crippen molar-refractivity contribution in [1.29, 1.82) is 0 Å². The van der Waals surface area contributed by atoms with Gasteiger partial charge in [0.05, 0.1) is 11.8 Å². The summed E-state index contributed by atoms with van der Waals surface area (Å²) in [5, 5.41) is 21.5.